The van der Waals surface area contributed by atoms with E-state index in [1.54, 1.807) is 48.3 Å². The molecule has 0 atom stereocenters. The van der Waals surface area contributed by atoms with Crippen LogP contribution in [-0.4, -0.2) is 25.8 Å². The van der Waals surface area contributed by atoms with Gasteiger partial charge >= 0.3 is 0 Å². The van der Waals surface area contributed by atoms with Gasteiger partial charge in [-0.3, -0.25) is 9.48 Å². The Bertz CT molecular complexity index is 1410. The lowest BCUT2D eigenvalue weighted by Crippen LogP contribution is -2.14. The molecule has 8 heteroatoms. The summed E-state index contributed by atoms with van der Waals surface area (Å²) < 4.78 is 21.5. The van der Waals surface area contributed by atoms with Gasteiger partial charge in [0.25, 0.3) is 11.6 Å². The van der Waals surface area contributed by atoms with Crippen LogP contribution in [0.3, 0.4) is 0 Å². The topological polar surface area (TPSA) is 85.8 Å². The fraction of sp³-hybridized carbons (Fsp3) is 0.0435. The number of fused-ring (bicyclic) bond motifs is 1. The Kier molecular flexibility index (Phi) is 4.51. The van der Waals surface area contributed by atoms with E-state index in [0.29, 0.717) is 16.9 Å². The van der Waals surface area contributed by atoms with Crippen molar-refractivity contribution < 1.29 is 13.7 Å². The highest BCUT2D eigenvalue weighted by Crippen LogP contribution is 2.33. The predicted octanol–water partition coefficient (Wildman–Crippen LogP) is 4.68. The summed E-state index contributed by atoms with van der Waals surface area (Å²) in [6.45, 7) is 0. The number of benzene rings is 2. The number of hydrogen-bond donors (Lipinski definition) is 1. The Labute approximate surface area is 176 Å². The molecule has 0 bridgehead atoms. The Balaban J connectivity index is 1.71. The third kappa shape index (κ3) is 3.44. The summed E-state index contributed by atoms with van der Waals surface area (Å²) >= 11 is 0. The number of rotatable bonds is 4. The summed E-state index contributed by atoms with van der Waals surface area (Å²) in [5.41, 5.74) is 2.18. The van der Waals surface area contributed by atoms with Gasteiger partial charge in [-0.25, -0.2) is 9.37 Å². The molecule has 0 aliphatic carbocycles. The van der Waals surface area contributed by atoms with Crippen LogP contribution >= 0.6 is 0 Å². The highest BCUT2D eigenvalue weighted by Gasteiger charge is 2.23. The minimum atomic E-state index is -0.451. The van der Waals surface area contributed by atoms with Gasteiger partial charge in [-0.2, -0.15) is 5.10 Å². The largest absolute Gasteiger partial charge is 0.335 e. The second kappa shape index (κ2) is 7.49. The Morgan fingerprint density at radius 3 is 2.58 bits per heavy atom. The Morgan fingerprint density at radius 1 is 1.06 bits per heavy atom. The molecule has 1 amide bonds. The third-order valence-corrected chi connectivity index (χ3v) is 4.84. The summed E-state index contributed by atoms with van der Waals surface area (Å²) in [5, 5.41) is 11.6. The summed E-state index contributed by atoms with van der Waals surface area (Å²) in [4.78, 5) is 17.7. The number of aryl methyl sites for hydroxylation is 1. The Morgan fingerprint density at radius 2 is 1.84 bits per heavy atom. The van der Waals surface area contributed by atoms with E-state index in [4.69, 9.17) is 4.52 Å². The fourth-order valence-electron chi connectivity index (χ4n) is 3.40. The second-order valence-corrected chi connectivity index (χ2v) is 6.94. The average Bonchev–Trinajstić information content (AvgIpc) is 3.40. The van der Waals surface area contributed by atoms with Crippen molar-refractivity contribution in [1.29, 1.82) is 0 Å². The third-order valence-electron chi connectivity index (χ3n) is 4.84. The van der Waals surface area contributed by atoms with Crippen molar-refractivity contribution in [3.05, 3.63) is 84.3 Å². The van der Waals surface area contributed by atoms with Gasteiger partial charge in [0.15, 0.2) is 5.82 Å². The zero-order valence-corrected chi connectivity index (χ0v) is 16.4. The van der Waals surface area contributed by atoms with Crippen molar-refractivity contribution in [2.24, 2.45) is 7.05 Å². The fourth-order valence-corrected chi connectivity index (χ4v) is 3.40. The van der Waals surface area contributed by atoms with Crippen molar-refractivity contribution in [3.8, 4) is 22.5 Å². The molecule has 0 unspecified atom stereocenters. The van der Waals surface area contributed by atoms with Crippen LogP contribution in [-0.2, 0) is 7.05 Å². The van der Waals surface area contributed by atoms with Gasteiger partial charge in [-0.1, -0.05) is 47.6 Å². The zero-order chi connectivity index (χ0) is 21.4. The monoisotopic (exact) mass is 413 g/mol. The van der Waals surface area contributed by atoms with Crippen molar-refractivity contribution >= 4 is 22.8 Å². The van der Waals surface area contributed by atoms with Crippen molar-refractivity contribution in [2.45, 2.75) is 0 Å². The molecular formula is C23H16FN5O2. The quantitative estimate of drug-likeness (QED) is 0.462. The van der Waals surface area contributed by atoms with Crippen LogP contribution < -0.4 is 5.32 Å². The molecule has 0 spiro atoms. The minimum absolute atomic E-state index is 0.144. The number of nitrogens with zero attached hydrogens (tertiary/aromatic N) is 4. The molecule has 1 N–H and O–H groups in total. The molecule has 3 heterocycles. The van der Waals surface area contributed by atoms with Gasteiger partial charge in [0.2, 0.25) is 0 Å². The SMILES string of the molecule is Cn1ccc(NC(=O)c2cc(-c3ccccc3F)nc3onc(-c4ccccc4)c23)n1. The molecule has 31 heavy (non-hydrogen) atoms. The van der Waals surface area contributed by atoms with Gasteiger partial charge in [-0.05, 0) is 18.2 Å². The number of halogens is 1. The maximum atomic E-state index is 14.4. The van der Waals surface area contributed by atoms with Crippen LogP contribution in [0.5, 0.6) is 0 Å². The predicted molar refractivity (Wildman–Crippen MR) is 114 cm³/mol. The first kappa shape index (κ1) is 18.7. The van der Waals surface area contributed by atoms with E-state index in [2.05, 4.69) is 20.6 Å². The van der Waals surface area contributed by atoms with Gasteiger partial charge in [-0.15, -0.1) is 0 Å². The van der Waals surface area contributed by atoms with Gasteiger partial charge < -0.3 is 9.84 Å². The van der Waals surface area contributed by atoms with Gasteiger partial charge in [0, 0.05) is 30.4 Å². The standard InChI is InChI=1S/C23H16FN5O2/c1-29-12-11-19(27-29)26-22(30)16-13-18(15-9-5-6-10-17(15)24)25-23-20(16)21(28-31-23)14-7-3-2-4-8-14/h2-13H,1H3,(H,26,27,30). The number of amides is 1. The van der Waals surface area contributed by atoms with Crippen molar-refractivity contribution in [1.82, 2.24) is 19.9 Å². The summed E-state index contributed by atoms with van der Waals surface area (Å²) in [6, 6.07) is 18.8. The highest BCUT2D eigenvalue weighted by atomic mass is 19.1. The molecule has 5 aromatic rings. The van der Waals surface area contributed by atoms with E-state index < -0.39 is 11.7 Å². The van der Waals surface area contributed by atoms with Gasteiger partial charge in [0.05, 0.1) is 16.6 Å². The number of hydrogen-bond acceptors (Lipinski definition) is 5. The average molecular weight is 413 g/mol. The van der Waals surface area contributed by atoms with Crippen molar-refractivity contribution in [3.63, 3.8) is 0 Å². The molecule has 0 radical (unpaired) electrons. The number of pyridine rings is 1. The lowest BCUT2D eigenvalue weighted by Gasteiger charge is -2.08. The zero-order valence-electron chi connectivity index (χ0n) is 16.4. The normalized spacial score (nSPS) is 11.0. The number of carbonyl (C=O) groups is 1. The van der Waals surface area contributed by atoms with E-state index in [0.717, 1.165) is 5.56 Å². The summed E-state index contributed by atoms with van der Waals surface area (Å²) in [5.74, 6) is -0.486. The molecule has 0 aliphatic heterocycles. The second-order valence-electron chi connectivity index (χ2n) is 6.94. The van der Waals surface area contributed by atoms with E-state index in [9.17, 15) is 9.18 Å². The van der Waals surface area contributed by atoms with Crippen LogP contribution in [0, 0.1) is 5.82 Å². The van der Waals surface area contributed by atoms with Crippen molar-refractivity contribution in [2.75, 3.05) is 5.32 Å². The van der Waals surface area contributed by atoms with Crippen LogP contribution in [0.25, 0.3) is 33.6 Å². The number of aromatic nitrogens is 4. The number of nitrogens with one attached hydrogen (secondary N) is 1. The lowest BCUT2D eigenvalue weighted by atomic mass is 10.0. The summed E-state index contributed by atoms with van der Waals surface area (Å²) in [6.07, 6.45) is 1.72. The first-order valence-corrected chi connectivity index (χ1v) is 9.52. The molecular weight excluding hydrogens is 397 g/mol. The van der Waals surface area contributed by atoms with Crippen LogP contribution in [0.2, 0.25) is 0 Å². The maximum absolute atomic E-state index is 14.4. The van der Waals surface area contributed by atoms with E-state index in [-0.39, 0.29) is 22.5 Å². The molecule has 0 fully saturated rings. The van der Waals surface area contributed by atoms with E-state index in [1.165, 1.54) is 6.07 Å². The van der Waals surface area contributed by atoms with Gasteiger partial charge in [0.1, 0.15) is 11.5 Å². The van der Waals surface area contributed by atoms with E-state index >= 15 is 0 Å². The van der Waals surface area contributed by atoms with E-state index in [1.807, 2.05) is 30.3 Å². The Hall–Kier alpha value is -4.33. The smallest absolute Gasteiger partial charge is 0.259 e. The summed E-state index contributed by atoms with van der Waals surface area (Å²) in [7, 11) is 1.75. The molecule has 5 rings (SSSR count). The highest BCUT2D eigenvalue weighted by molar-refractivity contribution is 6.15. The number of carbonyl (C=O) groups excluding carboxylic acids is 1. The maximum Gasteiger partial charge on any atom is 0.259 e. The molecule has 0 saturated carbocycles. The molecule has 152 valence electrons. The van der Waals surface area contributed by atoms with Crippen LogP contribution in [0.15, 0.2) is 77.4 Å². The van der Waals surface area contributed by atoms with Crippen LogP contribution in [0.4, 0.5) is 10.2 Å². The number of anilines is 1. The molecule has 0 aliphatic rings. The molecule has 2 aromatic carbocycles. The minimum Gasteiger partial charge on any atom is -0.335 e. The first-order valence-electron chi connectivity index (χ1n) is 9.52. The molecule has 7 nitrogen and oxygen atoms in total. The first-order chi connectivity index (χ1) is 15.1. The molecule has 0 saturated heterocycles. The molecule has 3 aromatic heterocycles. The lowest BCUT2D eigenvalue weighted by molar-refractivity contribution is 0.102. The van der Waals surface area contributed by atoms with Crippen LogP contribution in [0.1, 0.15) is 10.4 Å².